The number of hydrogen-bond donors (Lipinski definition) is 0. The van der Waals surface area contributed by atoms with Gasteiger partial charge in [0.15, 0.2) is 0 Å². The second-order valence-electron chi connectivity index (χ2n) is 23.8. The van der Waals surface area contributed by atoms with Crippen LogP contribution in [0.25, 0.3) is 99.1 Å². The SMILES string of the molecule is c1ccc(C2(c3ccccc3)c3cc(N(c4ccc(-c5cccc(-n6c7ccccc7c7ccccc76)c5)cc4)c4ccc5c(c4)C4(c6ccccc6-5)c5ccccc5-n5c6ccccc6c6cccc4c65)ccc3-c3c2ccc2ccccc32)cc1. The zero-order chi connectivity index (χ0) is 57.0. The number of anilines is 3. The maximum Gasteiger partial charge on any atom is 0.0755 e. The summed E-state index contributed by atoms with van der Waals surface area (Å²) in [6.45, 7) is 0. The van der Waals surface area contributed by atoms with Crippen LogP contribution in [-0.2, 0) is 10.8 Å². The molecule has 0 radical (unpaired) electrons. The van der Waals surface area contributed by atoms with Crippen LogP contribution in [0, 0.1) is 0 Å². The Hall–Kier alpha value is -11.3. The Morgan fingerprint density at radius 1 is 0.264 bits per heavy atom. The second-order valence-corrected chi connectivity index (χ2v) is 23.8. The van der Waals surface area contributed by atoms with E-state index < -0.39 is 10.8 Å². The highest BCUT2D eigenvalue weighted by molar-refractivity contribution is 6.13. The normalized spacial score (nSPS) is 14.8. The van der Waals surface area contributed by atoms with Crippen molar-refractivity contribution in [1.29, 1.82) is 0 Å². The standard InChI is InChI=1S/C84H53N3/c1-3-23-57(24-4-1)83(58-25-5-2-6-26-58)73-50-43-55-21-7-8-28-63(55)81(73)70-49-47-62(53-76(70)83)85(59-44-41-54(42-45-59)56-22-19-27-60(51-56)86-77-37-15-10-30-66(77)67-31-11-16-38-78(67)86)61-46-48-65-64-29-9-13-34-71(64)84(75(65)52-61)72-35-14-18-40-80(72)87-79-39-17-12-32-68(79)69-33-20-36-74(84)82(69)87/h1-53H. The van der Waals surface area contributed by atoms with Gasteiger partial charge in [-0.25, -0.2) is 0 Å². The zero-order valence-electron chi connectivity index (χ0n) is 47.4. The third kappa shape index (κ3) is 6.44. The van der Waals surface area contributed by atoms with Gasteiger partial charge in [-0.3, -0.25) is 0 Å². The molecule has 16 aromatic rings. The average Bonchev–Trinajstić information content (AvgIpc) is 1.57. The van der Waals surface area contributed by atoms with Gasteiger partial charge >= 0.3 is 0 Å². The van der Waals surface area contributed by atoms with Gasteiger partial charge < -0.3 is 14.0 Å². The number of rotatable bonds is 7. The van der Waals surface area contributed by atoms with Crippen molar-refractivity contribution in [1.82, 2.24) is 9.13 Å². The molecule has 2 aromatic heterocycles. The van der Waals surface area contributed by atoms with Gasteiger partial charge in [0.1, 0.15) is 0 Å². The van der Waals surface area contributed by atoms with Crippen molar-refractivity contribution in [2.75, 3.05) is 4.90 Å². The Bertz CT molecular complexity index is 5440. The Balaban J connectivity index is 0.859. The van der Waals surface area contributed by atoms with Gasteiger partial charge in [0.05, 0.1) is 38.6 Å². The molecule has 3 heterocycles. The van der Waals surface area contributed by atoms with Crippen LogP contribution in [0.4, 0.5) is 17.1 Å². The van der Waals surface area contributed by atoms with E-state index in [0.717, 1.165) is 33.9 Å². The fourth-order valence-electron chi connectivity index (χ4n) is 16.3. The monoisotopic (exact) mass is 1100 g/mol. The van der Waals surface area contributed by atoms with E-state index >= 15 is 0 Å². The molecule has 3 aliphatic rings. The quantitative estimate of drug-likeness (QED) is 0.155. The second kappa shape index (κ2) is 18.1. The Morgan fingerprint density at radius 3 is 1.49 bits per heavy atom. The highest BCUT2D eigenvalue weighted by atomic mass is 15.1. The summed E-state index contributed by atoms with van der Waals surface area (Å²) in [6.07, 6.45) is 0. The summed E-state index contributed by atoms with van der Waals surface area (Å²) in [7, 11) is 0. The third-order valence-corrected chi connectivity index (χ3v) is 19.8. The van der Waals surface area contributed by atoms with E-state index in [9.17, 15) is 0 Å². The van der Waals surface area contributed by atoms with Crippen LogP contribution >= 0.6 is 0 Å². The number of hydrogen-bond acceptors (Lipinski definition) is 1. The van der Waals surface area contributed by atoms with Crippen LogP contribution in [0.2, 0.25) is 0 Å². The Morgan fingerprint density at radius 2 is 0.782 bits per heavy atom. The van der Waals surface area contributed by atoms with E-state index in [4.69, 9.17) is 0 Å². The van der Waals surface area contributed by atoms with Crippen LogP contribution in [0.15, 0.2) is 322 Å². The third-order valence-electron chi connectivity index (χ3n) is 19.8. The minimum absolute atomic E-state index is 0.628. The van der Waals surface area contributed by atoms with E-state index in [1.165, 1.54) is 127 Å². The van der Waals surface area contributed by atoms with Gasteiger partial charge in [0.25, 0.3) is 0 Å². The predicted molar refractivity (Wildman–Crippen MR) is 361 cm³/mol. The molecule has 0 saturated carbocycles. The molecule has 0 amide bonds. The molecule has 87 heavy (non-hydrogen) atoms. The first kappa shape index (κ1) is 48.1. The van der Waals surface area contributed by atoms with Crippen molar-refractivity contribution < 1.29 is 0 Å². The molecule has 1 aliphatic heterocycles. The summed E-state index contributed by atoms with van der Waals surface area (Å²) in [5.41, 5.74) is 26.8. The molecule has 1 atom stereocenters. The van der Waals surface area contributed by atoms with Gasteiger partial charge in [-0.2, -0.15) is 0 Å². The zero-order valence-corrected chi connectivity index (χ0v) is 47.4. The molecule has 2 aliphatic carbocycles. The largest absolute Gasteiger partial charge is 0.310 e. The fraction of sp³-hybridized carbons (Fsp3) is 0.0238. The summed E-state index contributed by atoms with van der Waals surface area (Å²) in [5, 5.41) is 7.55. The summed E-state index contributed by atoms with van der Waals surface area (Å²) in [6, 6.07) is 121. The van der Waals surface area contributed by atoms with Crippen LogP contribution in [0.5, 0.6) is 0 Å². The van der Waals surface area contributed by atoms with Crippen molar-refractivity contribution in [3.63, 3.8) is 0 Å². The molecule has 1 unspecified atom stereocenters. The lowest BCUT2D eigenvalue weighted by atomic mass is 9.65. The molecule has 19 rings (SSSR count). The van der Waals surface area contributed by atoms with Crippen molar-refractivity contribution in [2.24, 2.45) is 0 Å². The van der Waals surface area contributed by atoms with Gasteiger partial charge in [0.2, 0.25) is 0 Å². The lowest BCUT2D eigenvalue weighted by Gasteiger charge is -2.40. The Kier molecular flexibility index (Phi) is 10.0. The van der Waals surface area contributed by atoms with Gasteiger partial charge in [-0.1, -0.05) is 249 Å². The minimum atomic E-state index is -0.629. The number of fused-ring (bicyclic) bond motifs is 20. The summed E-state index contributed by atoms with van der Waals surface area (Å²) in [5.74, 6) is 0. The number of aromatic nitrogens is 2. The van der Waals surface area contributed by atoms with E-state index in [2.05, 4.69) is 336 Å². The van der Waals surface area contributed by atoms with Crippen molar-refractivity contribution in [2.45, 2.75) is 10.8 Å². The van der Waals surface area contributed by atoms with Gasteiger partial charge in [-0.05, 0) is 161 Å². The summed E-state index contributed by atoms with van der Waals surface area (Å²) in [4.78, 5) is 2.53. The van der Waals surface area contributed by atoms with Gasteiger partial charge in [0, 0.05) is 44.3 Å². The Labute approximate surface area is 504 Å². The smallest absolute Gasteiger partial charge is 0.0755 e. The van der Waals surface area contributed by atoms with E-state index in [0.29, 0.717) is 0 Å². The van der Waals surface area contributed by atoms with E-state index in [1.54, 1.807) is 0 Å². The van der Waals surface area contributed by atoms with Crippen molar-refractivity contribution in [3.05, 3.63) is 366 Å². The maximum absolute atomic E-state index is 2.55. The van der Waals surface area contributed by atoms with Crippen molar-refractivity contribution >= 4 is 71.4 Å². The molecular weight excluding hydrogens is 1050 g/mol. The summed E-state index contributed by atoms with van der Waals surface area (Å²) >= 11 is 0. The van der Waals surface area contributed by atoms with E-state index in [1.807, 2.05) is 0 Å². The van der Waals surface area contributed by atoms with Crippen molar-refractivity contribution in [3.8, 4) is 44.8 Å². The minimum Gasteiger partial charge on any atom is -0.310 e. The number of benzene rings is 14. The predicted octanol–water partition coefficient (Wildman–Crippen LogP) is 21.2. The molecule has 1 spiro atoms. The first-order valence-corrected chi connectivity index (χ1v) is 30.3. The van der Waals surface area contributed by atoms with E-state index in [-0.39, 0.29) is 0 Å². The first-order chi connectivity index (χ1) is 43.2. The molecule has 0 N–H and O–H groups in total. The summed E-state index contributed by atoms with van der Waals surface area (Å²) < 4.78 is 4.95. The van der Waals surface area contributed by atoms with Crippen LogP contribution in [0.3, 0.4) is 0 Å². The molecule has 3 heteroatoms. The molecule has 3 nitrogen and oxygen atoms in total. The molecule has 0 bridgehead atoms. The van der Waals surface area contributed by atoms with Gasteiger partial charge in [-0.15, -0.1) is 0 Å². The number of nitrogens with zero attached hydrogens (tertiary/aromatic N) is 3. The first-order valence-electron chi connectivity index (χ1n) is 30.3. The number of para-hydroxylation sites is 5. The lowest BCUT2D eigenvalue weighted by Crippen LogP contribution is -2.33. The average molecular weight is 1100 g/mol. The molecule has 404 valence electrons. The maximum atomic E-state index is 2.55. The molecule has 14 aromatic carbocycles. The molecule has 0 saturated heterocycles. The van der Waals surface area contributed by atoms with Crippen LogP contribution in [-0.4, -0.2) is 9.13 Å². The lowest BCUT2D eigenvalue weighted by molar-refractivity contribution is 0.748. The molecular formula is C84H53N3. The topological polar surface area (TPSA) is 13.1 Å². The van der Waals surface area contributed by atoms with Crippen LogP contribution in [0.1, 0.15) is 44.5 Å². The fourth-order valence-corrected chi connectivity index (χ4v) is 16.3. The molecule has 0 fully saturated rings. The highest BCUT2D eigenvalue weighted by Gasteiger charge is 2.52. The van der Waals surface area contributed by atoms with Crippen LogP contribution < -0.4 is 4.90 Å². The highest BCUT2D eigenvalue weighted by Crippen LogP contribution is 2.63.